The quantitative estimate of drug-likeness (QED) is 0.545. The summed E-state index contributed by atoms with van der Waals surface area (Å²) in [7, 11) is 0. The lowest BCUT2D eigenvalue weighted by Gasteiger charge is -2.14. The SMILES string of the molecule is Cc1cc(NC(=O)c2oc3c(c2C)/C(=N/Nc2cccc(C(F)(F)F)c2)CCC3)no1. The Morgan fingerprint density at radius 2 is 2.00 bits per heavy atom. The number of carbonyl (C=O) groups excluding carboxylic acids is 1. The summed E-state index contributed by atoms with van der Waals surface area (Å²) in [6.07, 6.45) is -2.46. The number of rotatable bonds is 4. The summed E-state index contributed by atoms with van der Waals surface area (Å²) in [6, 6.07) is 6.40. The third-order valence-electron chi connectivity index (χ3n) is 4.91. The van der Waals surface area contributed by atoms with Crippen LogP contribution in [-0.2, 0) is 12.6 Å². The van der Waals surface area contributed by atoms with Crippen molar-refractivity contribution in [3.05, 3.63) is 64.3 Å². The zero-order valence-corrected chi connectivity index (χ0v) is 16.8. The fourth-order valence-corrected chi connectivity index (χ4v) is 3.49. The molecule has 2 N–H and O–H groups in total. The largest absolute Gasteiger partial charge is 0.455 e. The first kappa shape index (κ1) is 20.7. The number of aromatic nitrogens is 1. The number of anilines is 2. The van der Waals surface area contributed by atoms with E-state index in [2.05, 4.69) is 21.0 Å². The molecule has 0 aliphatic heterocycles. The predicted molar refractivity (Wildman–Crippen MR) is 107 cm³/mol. The van der Waals surface area contributed by atoms with Gasteiger partial charge in [-0.15, -0.1) is 0 Å². The highest BCUT2D eigenvalue weighted by atomic mass is 19.4. The Hall–Kier alpha value is -3.56. The standard InChI is InChI=1S/C21H19F3N4O3/c1-11-9-17(28-31-11)25-20(29)19-12(2)18-15(7-4-8-16(18)30-19)27-26-14-6-3-5-13(10-14)21(22,23)24/h3,5-6,9-10,26H,4,7-8H2,1-2H3,(H,25,28,29)/b27-15+. The number of amides is 1. The highest BCUT2D eigenvalue weighted by Gasteiger charge is 2.31. The summed E-state index contributed by atoms with van der Waals surface area (Å²) in [4.78, 5) is 12.6. The molecule has 0 unspecified atom stereocenters. The van der Waals surface area contributed by atoms with Crippen molar-refractivity contribution in [2.75, 3.05) is 10.7 Å². The van der Waals surface area contributed by atoms with E-state index < -0.39 is 17.6 Å². The lowest BCUT2D eigenvalue weighted by atomic mass is 9.93. The van der Waals surface area contributed by atoms with Crippen LogP contribution in [0.25, 0.3) is 0 Å². The Bertz CT molecular complexity index is 1160. The molecule has 0 atom stereocenters. The Morgan fingerprint density at radius 3 is 2.71 bits per heavy atom. The number of hydrogen-bond donors (Lipinski definition) is 2. The minimum atomic E-state index is -4.44. The van der Waals surface area contributed by atoms with Crippen molar-refractivity contribution < 1.29 is 26.9 Å². The van der Waals surface area contributed by atoms with Gasteiger partial charge in [0.2, 0.25) is 0 Å². The molecule has 0 bridgehead atoms. The Morgan fingerprint density at radius 1 is 1.19 bits per heavy atom. The van der Waals surface area contributed by atoms with E-state index in [-0.39, 0.29) is 17.3 Å². The molecule has 4 rings (SSSR count). The smallest absolute Gasteiger partial charge is 0.416 e. The molecule has 0 saturated carbocycles. The van der Waals surface area contributed by atoms with Crippen molar-refractivity contribution in [2.45, 2.75) is 39.3 Å². The molecule has 162 valence electrons. The predicted octanol–water partition coefficient (Wildman–Crippen LogP) is 5.31. The van der Waals surface area contributed by atoms with E-state index in [1.54, 1.807) is 19.9 Å². The molecule has 10 heteroatoms. The van der Waals surface area contributed by atoms with Crippen molar-refractivity contribution in [1.82, 2.24) is 5.16 Å². The van der Waals surface area contributed by atoms with E-state index in [0.29, 0.717) is 41.2 Å². The number of hydrogen-bond acceptors (Lipinski definition) is 6. The first-order chi connectivity index (χ1) is 14.7. The van der Waals surface area contributed by atoms with Gasteiger partial charge in [0.25, 0.3) is 5.91 Å². The summed E-state index contributed by atoms with van der Waals surface area (Å²) in [5.74, 6) is 1.12. The molecule has 1 aliphatic rings. The Balaban J connectivity index is 1.59. The van der Waals surface area contributed by atoms with E-state index in [0.717, 1.165) is 18.6 Å². The summed E-state index contributed by atoms with van der Waals surface area (Å²) in [6.45, 7) is 3.45. The van der Waals surface area contributed by atoms with Gasteiger partial charge in [-0.1, -0.05) is 11.2 Å². The van der Waals surface area contributed by atoms with Crippen LogP contribution in [0.5, 0.6) is 0 Å². The number of carbonyl (C=O) groups is 1. The van der Waals surface area contributed by atoms with Crippen LogP contribution in [0.3, 0.4) is 0 Å². The molecule has 1 aliphatic carbocycles. The zero-order chi connectivity index (χ0) is 22.2. The first-order valence-corrected chi connectivity index (χ1v) is 9.59. The second-order valence-electron chi connectivity index (χ2n) is 7.23. The second kappa shape index (κ2) is 7.93. The summed E-state index contributed by atoms with van der Waals surface area (Å²) < 4.78 is 49.5. The fourth-order valence-electron chi connectivity index (χ4n) is 3.49. The van der Waals surface area contributed by atoms with E-state index >= 15 is 0 Å². The number of nitrogens with one attached hydrogen (secondary N) is 2. The van der Waals surface area contributed by atoms with Crippen LogP contribution < -0.4 is 10.7 Å². The van der Waals surface area contributed by atoms with Gasteiger partial charge in [-0.2, -0.15) is 18.3 Å². The highest BCUT2D eigenvalue weighted by Crippen LogP contribution is 2.32. The topological polar surface area (TPSA) is 92.7 Å². The van der Waals surface area contributed by atoms with E-state index in [1.165, 1.54) is 12.1 Å². The Kier molecular flexibility index (Phi) is 5.30. The normalized spacial score (nSPS) is 15.1. The maximum Gasteiger partial charge on any atom is 0.416 e. The molecule has 31 heavy (non-hydrogen) atoms. The van der Waals surface area contributed by atoms with Gasteiger partial charge in [0.05, 0.1) is 17.0 Å². The number of hydrazone groups is 1. The van der Waals surface area contributed by atoms with Gasteiger partial charge < -0.3 is 14.3 Å². The van der Waals surface area contributed by atoms with E-state index in [4.69, 9.17) is 8.94 Å². The number of nitrogens with zero attached hydrogens (tertiary/aromatic N) is 2. The van der Waals surface area contributed by atoms with Crippen molar-refractivity contribution in [2.24, 2.45) is 5.10 Å². The summed E-state index contributed by atoms with van der Waals surface area (Å²) in [5, 5.41) is 10.7. The first-order valence-electron chi connectivity index (χ1n) is 9.59. The number of halogens is 3. The van der Waals surface area contributed by atoms with Crippen LogP contribution in [0.1, 0.15) is 51.6 Å². The number of benzene rings is 1. The van der Waals surface area contributed by atoms with Crippen molar-refractivity contribution in [3.8, 4) is 0 Å². The molecule has 0 radical (unpaired) electrons. The van der Waals surface area contributed by atoms with E-state index in [9.17, 15) is 18.0 Å². The third-order valence-corrected chi connectivity index (χ3v) is 4.91. The fraction of sp³-hybridized carbons (Fsp3) is 0.286. The average Bonchev–Trinajstić information content (AvgIpc) is 3.29. The molecule has 7 nitrogen and oxygen atoms in total. The van der Waals surface area contributed by atoms with Gasteiger partial charge in [-0.25, -0.2) is 0 Å². The van der Waals surface area contributed by atoms with Gasteiger partial charge in [0.15, 0.2) is 11.6 Å². The van der Waals surface area contributed by atoms with Crippen LogP contribution in [0.15, 0.2) is 44.4 Å². The maximum absolute atomic E-state index is 12.9. The number of aryl methyl sites for hydroxylation is 2. The van der Waals surface area contributed by atoms with Crippen LogP contribution >= 0.6 is 0 Å². The molecule has 1 aromatic carbocycles. The molecule has 2 aromatic heterocycles. The van der Waals surface area contributed by atoms with Crippen LogP contribution in [0.4, 0.5) is 24.7 Å². The molecule has 0 saturated heterocycles. The number of furan rings is 1. The van der Waals surface area contributed by atoms with Crippen LogP contribution in [0.2, 0.25) is 0 Å². The van der Waals surface area contributed by atoms with Crippen LogP contribution in [0, 0.1) is 13.8 Å². The molecule has 0 spiro atoms. The zero-order valence-electron chi connectivity index (χ0n) is 16.8. The monoisotopic (exact) mass is 432 g/mol. The average molecular weight is 432 g/mol. The minimum Gasteiger partial charge on any atom is -0.455 e. The highest BCUT2D eigenvalue weighted by molar-refractivity contribution is 6.09. The molecular formula is C21H19F3N4O3. The third kappa shape index (κ3) is 4.32. The lowest BCUT2D eigenvalue weighted by molar-refractivity contribution is -0.137. The number of fused-ring (bicyclic) bond motifs is 1. The summed E-state index contributed by atoms with van der Waals surface area (Å²) >= 11 is 0. The minimum absolute atomic E-state index is 0.138. The van der Waals surface area contributed by atoms with Crippen molar-refractivity contribution >= 4 is 23.1 Å². The van der Waals surface area contributed by atoms with Gasteiger partial charge >= 0.3 is 6.18 Å². The van der Waals surface area contributed by atoms with Gasteiger partial charge in [-0.05, 0) is 44.9 Å². The molecular weight excluding hydrogens is 413 g/mol. The second-order valence-corrected chi connectivity index (χ2v) is 7.23. The maximum atomic E-state index is 12.9. The summed E-state index contributed by atoms with van der Waals surface area (Å²) in [5.41, 5.74) is 4.09. The van der Waals surface area contributed by atoms with E-state index in [1.807, 2.05) is 0 Å². The van der Waals surface area contributed by atoms with Crippen molar-refractivity contribution in [1.29, 1.82) is 0 Å². The molecule has 1 amide bonds. The molecule has 3 aromatic rings. The number of alkyl halides is 3. The van der Waals surface area contributed by atoms with Crippen LogP contribution in [-0.4, -0.2) is 16.8 Å². The Labute approximate surface area is 175 Å². The van der Waals surface area contributed by atoms with Crippen molar-refractivity contribution in [3.63, 3.8) is 0 Å². The lowest BCUT2D eigenvalue weighted by Crippen LogP contribution is -2.14. The van der Waals surface area contributed by atoms with Gasteiger partial charge in [0, 0.05) is 23.6 Å². The molecule has 2 heterocycles. The van der Waals surface area contributed by atoms with Gasteiger partial charge in [-0.3, -0.25) is 10.2 Å². The molecule has 0 fully saturated rings. The van der Waals surface area contributed by atoms with Gasteiger partial charge in [0.1, 0.15) is 11.5 Å².